The average molecular weight is 232 g/mol. The molecule has 1 aromatic carbocycles. The van der Waals surface area contributed by atoms with Gasteiger partial charge in [-0.3, -0.25) is 10.1 Å². The zero-order valence-electron chi connectivity index (χ0n) is 9.13. The van der Waals surface area contributed by atoms with Crippen LogP contribution in [0.3, 0.4) is 0 Å². The van der Waals surface area contributed by atoms with Crippen LogP contribution in [0.2, 0.25) is 0 Å². The molecule has 0 saturated carbocycles. The molecule has 17 heavy (non-hydrogen) atoms. The second-order valence-electron chi connectivity index (χ2n) is 3.56. The predicted octanol–water partition coefficient (Wildman–Crippen LogP) is 2.84. The molecule has 0 atom stereocenters. The van der Waals surface area contributed by atoms with E-state index in [1.54, 1.807) is 18.4 Å². The maximum absolute atomic E-state index is 10.5. The van der Waals surface area contributed by atoms with Crippen molar-refractivity contribution in [3.8, 4) is 0 Å². The Morgan fingerprint density at radius 1 is 1.24 bits per heavy atom. The van der Waals surface area contributed by atoms with Crippen LogP contribution in [0.4, 0.5) is 11.4 Å². The van der Waals surface area contributed by atoms with Crippen molar-refractivity contribution in [3.05, 3.63) is 58.5 Å². The number of rotatable bonds is 5. The van der Waals surface area contributed by atoms with Crippen LogP contribution in [0.15, 0.2) is 47.1 Å². The zero-order chi connectivity index (χ0) is 12.1. The molecule has 0 unspecified atom stereocenters. The number of nitro groups is 1. The zero-order valence-corrected chi connectivity index (χ0v) is 9.13. The first-order chi connectivity index (χ1) is 8.25. The standard InChI is InChI=1S/C12H12N2O3/c15-14(16)11-5-3-10(4-6-11)13-8-7-12-2-1-9-17-12/h1-6,9,13H,7-8H2. The summed E-state index contributed by atoms with van der Waals surface area (Å²) in [5, 5.41) is 13.6. The summed E-state index contributed by atoms with van der Waals surface area (Å²) in [5.74, 6) is 0.916. The van der Waals surface area contributed by atoms with Crippen molar-refractivity contribution in [2.24, 2.45) is 0 Å². The molecule has 1 heterocycles. The van der Waals surface area contributed by atoms with Gasteiger partial charge in [-0.15, -0.1) is 0 Å². The highest BCUT2D eigenvalue weighted by Crippen LogP contribution is 2.15. The summed E-state index contributed by atoms with van der Waals surface area (Å²) in [6.07, 6.45) is 2.42. The van der Waals surface area contributed by atoms with Crippen LogP contribution >= 0.6 is 0 Å². The van der Waals surface area contributed by atoms with Crippen LogP contribution in [0.1, 0.15) is 5.76 Å². The van der Waals surface area contributed by atoms with Gasteiger partial charge in [-0.05, 0) is 24.3 Å². The minimum absolute atomic E-state index is 0.0987. The molecule has 0 amide bonds. The minimum Gasteiger partial charge on any atom is -0.469 e. The fourth-order valence-electron chi connectivity index (χ4n) is 1.49. The predicted molar refractivity (Wildman–Crippen MR) is 64.0 cm³/mol. The van der Waals surface area contributed by atoms with Gasteiger partial charge in [0.1, 0.15) is 5.76 Å². The fraction of sp³-hybridized carbons (Fsp3) is 0.167. The molecule has 2 aromatic rings. The SMILES string of the molecule is O=[N+]([O-])c1ccc(NCCc2ccco2)cc1. The Kier molecular flexibility index (Phi) is 3.40. The van der Waals surface area contributed by atoms with Gasteiger partial charge in [-0.2, -0.15) is 0 Å². The number of hydrogen-bond donors (Lipinski definition) is 1. The Bertz CT molecular complexity index is 477. The maximum Gasteiger partial charge on any atom is 0.269 e. The molecule has 0 fully saturated rings. The Morgan fingerprint density at radius 2 is 2.00 bits per heavy atom. The monoisotopic (exact) mass is 232 g/mol. The molecule has 88 valence electrons. The third-order valence-electron chi connectivity index (χ3n) is 2.36. The molecule has 1 N–H and O–H groups in total. The molecule has 0 aliphatic heterocycles. The van der Waals surface area contributed by atoms with Crippen molar-refractivity contribution in [1.29, 1.82) is 0 Å². The van der Waals surface area contributed by atoms with Crippen molar-refractivity contribution in [3.63, 3.8) is 0 Å². The molecule has 5 heteroatoms. The van der Waals surface area contributed by atoms with E-state index >= 15 is 0 Å². The van der Waals surface area contributed by atoms with E-state index in [9.17, 15) is 10.1 Å². The Labute approximate surface area is 98.2 Å². The third-order valence-corrected chi connectivity index (χ3v) is 2.36. The highest BCUT2D eigenvalue weighted by atomic mass is 16.6. The van der Waals surface area contributed by atoms with E-state index in [1.165, 1.54) is 12.1 Å². The lowest BCUT2D eigenvalue weighted by atomic mass is 10.2. The van der Waals surface area contributed by atoms with Crippen molar-refractivity contribution in [1.82, 2.24) is 0 Å². The number of anilines is 1. The lowest BCUT2D eigenvalue weighted by Gasteiger charge is -2.04. The van der Waals surface area contributed by atoms with Crippen LogP contribution in [0.25, 0.3) is 0 Å². The van der Waals surface area contributed by atoms with E-state index in [-0.39, 0.29) is 5.69 Å². The average Bonchev–Trinajstić information content (AvgIpc) is 2.83. The van der Waals surface area contributed by atoms with Crippen molar-refractivity contribution in [2.75, 3.05) is 11.9 Å². The molecular weight excluding hydrogens is 220 g/mol. The summed E-state index contributed by atoms with van der Waals surface area (Å²) >= 11 is 0. The number of nitrogens with zero attached hydrogens (tertiary/aromatic N) is 1. The Morgan fingerprint density at radius 3 is 2.59 bits per heavy atom. The first kappa shape index (κ1) is 11.2. The summed E-state index contributed by atoms with van der Waals surface area (Å²) in [7, 11) is 0. The largest absolute Gasteiger partial charge is 0.469 e. The molecule has 0 saturated heterocycles. The molecule has 0 aliphatic rings. The first-order valence-corrected chi connectivity index (χ1v) is 5.26. The number of nitrogens with one attached hydrogen (secondary N) is 1. The van der Waals surface area contributed by atoms with Crippen LogP contribution < -0.4 is 5.32 Å². The summed E-state index contributed by atoms with van der Waals surface area (Å²) in [6.45, 7) is 0.728. The molecule has 1 aromatic heterocycles. The van der Waals surface area contributed by atoms with Crippen molar-refractivity contribution >= 4 is 11.4 Å². The summed E-state index contributed by atoms with van der Waals surface area (Å²) in [5.41, 5.74) is 0.962. The quantitative estimate of drug-likeness (QED) is 0.635. The van der Waals surface area contributed by atoms with Crippen molar-refractivity contribution < 1.29 is 9.34 Å². The number of hydrogen-bond acceptors (Lipinski definition) is 4. The van der Waals surface area contributed by atoms with Gasteiger partial charge in [0.2, 0.25) is 0 Å². The molecule has 0 spiro atoms. The number of benzene rings is 1. The van der Waals surface area contributed by atoms with Gasteiger partial charge in [0, 0.05) is 30.8 Å². The first-order valence-electron chi connectivity index (χ1n) is 5.26. The van der Waals surface area contributed by atoms with Gasteiger partial charge >= 0.3 is 0 Å². The summed E-state index contributed by atoms with van der Waals surface area (Å²) in [4.78, 5) is 10.0. The van der Waals surface area contributed by atoms with Gasteiger partial charge < -0.3 is 9.73 Å². The molecule has 2 rings (SSSR count). The van der Waals surface area contributed by atoms with Crippen LogP contribution in [-0.4, -0.2) is 11.5 Å². The van der Waals surface area contributed by atoms with Gasteiger partial charge in [-0.25, -0.2) is 0 Å². The Balaban J connectivity index is 1.85. The topological polar surface area (TPSA) is 68.3 Å². The molecular formula is C12H12N2O3. The normalized spacial score (nSPS) is 10.1. The van der Waals surface area contributed by atoms with Gasteiger partial charge in [0.05, 0.1) is 11.2 Å². The minimum atomic E-state index is -0.410. The van der Waals surface area contributed by atoms with Crippen LogP contribution in [-0.2, 0) is 6.42 Å². The van der Waals surface area contributed by atoms with E-state index in [0.29, 0.717) is 0 Å². The van der Waals surface area contributed by atoms with E-state index in [2.05, 4.69) is 5.32 Å². The third kappa shape index (κ3) is 3.07. The molecule has 0 aliphatic carbocycles. The number of furan rings is 1. The molecule has 0 radical (unpaired) electrons. The van der Waals surface area contributed by atoms with E-state index in [0.717, 1.165) is 24.4 Å². The van der Waals surface area contributed by atoms with E-state index in [1.807, 2.05) is 12.1 Å². The van der Waals surface area contributed by atoms with Gasteiger partial charge in [0.15, 0.2) is 0 Å². The maximum atomic E-state index is 10.5. The molecule has 0 bridgehead atoms. The van der Waals surface area contributed by atoms with Crippen LogP contribution in [0, 0.1) is 10.1 Å². The smallest absolute Gasteiger partial charge is 0.269 e. The number of non-ortho nitro benzene ring substituents is 1. The van der Waals surface area contributed by atoms with Gasteiger partial charge in [0.25, 0.3) is 5.69 Å². The fourth-order valence-corrected chi connectivity index (χ4v) is 1.49. The number of nitro benzene ring substituents is 1. The summed E-state index contributed by atoms with van der Waals surface area (Å²) in [6, 6.07) is 10.1. The highest BCUT2D eigenvalue weighted by Gasteiger charge is 2.03. The van der Waals surface area contributed by atoms with E-state index in [4.69, 9.17) is 4.42 Å². The second kappa shape index (κ2) is 5.16. The van der Waals surface area contributed by atoms with Gasteiger partial charge in [-0.1, -0.05) is 0 Å². The van der Waals surface area contributed by atoms with E-state index < -0.39 is 4.92 Å². The molecule has 5 nitrogen and oxygen atoms in total. The summed E-state index contributed by atoms with van der Waals surface area (Å²) < 4.78 is 5.19. The lowest BCUT2D eigenvalue weighted by Crippen LogP contribution is -2.04. The van der Waals surface area contributed by atoms with Crippen molar-refractivity contribution in [2.45, 2.75) is 6.42 Å². The lowest BCUT2D eigenvalue weighted by molar-refractivity contribution is -0.384. The van der Waals surface area contributed by atoms with Crippen LogP contribution in [0.5, 0.6) is 0 Å². The Hall–Kier alpha value is -2.30. The highest BCUT2D eigenvalue weighted by molar-refractivity contribution is 5.48. The second-order valence-corrected chi connectivity index (χ2v) is 3.56.